The second kappa shape index (κ2) is 22.2. The number of hydrogen-bond donors (Lipinski definition) is 0. The van der Waals surface area contributed by atoms with Crippen LogP contribution in [-0.4, -0.2) is 48.0 Å². The van der Waals surface area contributed by atoms with Gasteiger partial charge in [-0.3, -0.25) is 0 Å². The summed E-state index contributed by atoms with van der Waals surface area (Å²) in [5, 5.41) is 29.3. The van der Waals surface area contributed by atoms with Gasteiger partial charge in [0.05, 0.1) is 19.8 Å². The third kappa shape index (κ3) is 22.8. The second-order valence-electron chi connectivity index (χ2n) is 5.09. The van der Waals surface area contributed by atoms with Crippen molar-refractivity contribution in [2.75, 3.05) is 19.8 Å². The molecule has 10 heteroatoms. The molecule has 0 atom stereocenters. The molecule has 0 aromatic heterocycles. The Balaban J connectivity index is -0.000000350. The number of aliphatic carboxylic acids is 3. The summed E-state index contributed by atoms with van der Waals surface area (Å²) in [5.41, 5.74) is 1.32. The molecule has 32 heavy (non-hydrogen) atoms. The number of rotatable bonds is 10. The number of ether oxygens (including phenoxy) is 3. The Morgan fingerprint density at radius 2 is 1.00 bits per heavy atom. The maximum absolute atomic E-state index is 9.75. The molecular weight excluding hydrogens is 436 g/mol. The maximum atomic E-state index is 9.75. The molecule has 0 saturated heterocycles. The summed E-state index contributed by atoms with van der Waals surface area (Å²) in [6.07, 6.45) is 0. The summed E-state index contributed by atoms with van der Waals surface area (Å²) in [7, 11) is 3.40. The molecule has 0 spiro atoms. The van der Waals surface area contributed by atoms with Gasteiger partial charge in [-0.1, -0.05) is 19.7 Å². The van der Waals surface area contributed by atoms with Gasteiger partial charge < -0.3 is 43.9 Å². The van der Waals surface area contributed by atoms with Crippen molar-refractivity contribution >= 4 is 28.2 Å². The molecule has 1 aromatic carbocycles. The Bertz CT molecular complexity index is 649. The summed E-state index contributed by atoms with van der Waals surface area (Å²) in [4.78, 5) is 29.3. The van der Waals surface area contributed by atoms with Crippen LogP contribution in [-0.2, 0) is 34.6 Å². The van der Waals surface area contributed by atoms with Crippen LogP contribution in [0.15, 0.2) is 67.3 Å². The van der Waals surface area contributed by atoms with Gasteiger partial charge in [-0.05, 0) is 20.8 Å². The van der Waals surface area contributed by atoms with Gasteiger partial charge in [0.2, 0.25) is 0 Å². The number of hydrogen-bond acceptors (Lipinski definition) is 9. The van der Waals surface area contributed by atoms with Gasteiger partial charge in [-0.2, -0.15) is 0 Å². The number of benzene rings is 1. The summed E-state index contributed by atoms with van der Waals surface area (Å²) < 4.78 is 13.3. The van der Waals surface area contributed by atoms with Crippen LogP contribution in [0.3, 0.4) is 0 Å². The number of carbonyl (C=O) groups is 3. The Hall–Kier alpha value is -3.53. The molecule has 0 aliphatic heterocycles. The Morgan fingerprint density at radius 1 is 0.719 bits per heavy atom. The SMILES string of the molecule is C=C(OCC)C(=O)[O-].C=C(OCC)C(=O)[O-].C=C(OCC)C(=O)[O-].[Si+3]Cc1ccccc1. The number of carboxylic acids is 3. The van der Waals surface area contributed by atoms with Crippen molar-refractivity contribution in [1.29, 1.82) is 0 Å². The first-order valence-corrected chi connectivity index (χ1v) is 9.96. The van der Waals surface area contributed by atoms with E-state index in [0.29, 0.717) is 19.8 Å². The molecule has 0 unspecified atom stereocenters. The van der Waals surface area contributed by atoms with Gasteiger partial charge in [0.1, 0.15) is 35.2 Å². The van der Waals surface area contributed by atoms with Gasteiger partial charge in [0, 0.05) is 0 Å². The van der Waals surface area contributed by atoms with Gasteiger partial charge in [0.25, 0.3) is 0 Å². The van der Waals surface area contributed by atoms with Gasteiger partial charge in [-0.25, -0.2) is 0 Å². The standard InChI is InChI=1S/C7H7Si.3C5H8O3/c8-6-7-4-2-1-3-5-7;3*1-3-8-4(2)5(6)7/h1-5H,6H2;3*2-3H2,1H3,(H,6,7)/q+3;;;/p-3. The van der Waals surface area contributed by atoms with Gasteiger partial charge >= 0.3 is 52.2 Å². The van der Waals surface area contributed by atoms with Gasteiger partial charge in [-0.15, -0.1) is 0 Å². The molecule has 0 saturated carbocycles. The van der Waals surface area contributed by atoms with E-state index in [1.165, 1.54) is 5.56 Å². The van der Waals surface area contributed by atoms with Crippen molar-refractivity contribution in [3.8, 4) is 0 Å². The van der Waals surface area contributed by atoms with Crippen molar-refractivity contribution in [1.82, 2.24) is 0 Å². The average molecular weight is 465 g/mol. The molecular formula is C22H28O9Si. The van der Waals surface area contributed by atoms with Crippen LogP contribution in [0.1, 0.15) is 26.3 Å². The summed E-state index contributed by atoms with van der Waals surface area (Å²) in [5.74, 6) is -5.00. The summed E-state index contributed by atoms with van der Waals surface area (Å²) >= 11 is 0. The fourth-order valence-corrected chi connectivity index (χ4v) is 1.53. The molecule has 0 N–H and O–H groups in total. The van der Waals surface area contributed by atoms with Crippen LogP contribution >= 0.6 is 0 Å². The quantitative estimate of drug-likeness (QED) is 0.247. The minimum atomic E-state index is -1.35. The van der Waals surface area contributed by atoms with Crippen molar-refractivity contribution in [3.05, 3.63) is 72.9 Å². The van der Waals surface area contributed by atoms with Crippen LogP contribution < -0.4 is 15.3 Å². The van der Waals surface area contributed by atoms with Crippen LogP contribution in [0.25, 0.3) is 0 Å². The molecule has 1 aromatic rings. The fourth-order valence-electron chi connectivity index (χ4n) is 1.30. The topological polar surface area (TPSA) is 148 Å². The van der Waals surface area contributed by atoms with Crippen molar-refractivity contribution in [2.24, 2.45) is 0 Å². The molecule has 0 bridgehead atoms. The molecule has 0 amide bonds. The molecule has 0 radical (unpaired) electrons. The Morgan fingerprint density at radius 3 is 1.12 bits per heavy atom. The molecule has 0 aliphatic carbocycles. The number of carbonyl (C=O) groups excluding carboxylic acids is 3. The molecule has 174 valence electrons. The van der Waals surface area contributed by atoms with E-state index in [1.807, 2.05) is 18.2 Å². The van der Waals surface area contributed by atoms with Crippen LogP contribution in [0, 0.1) is 0 Å². The third-order valence-corrected chi connectivity index (χ3v) is 3.09. The Kier molecular flexibility index (Phi) is 22.9. The van der Waals surface area contributed by atoms with E-state index in [1.54, 1.807) is 20.8 Å². The second-order valence-corrected chi connectivity index (χ2v) is 5.45. The van der Waals surface area contributed by atoms with E-state index in [-0.39, 0.29) is 17.3 Å². The van der Waals surface area contributed by atoms with Gasteiger partial charge in [0.15, 0.2) is 0 Å². The predicted molar refractivity (Wildman–Crippen MR) is 113 cm³/mol. The van der Waals surface area contributed by atoms with Crippen LogP contribution in [0.5, 0.6) is 0 Å². The normalized spacial score (nSPS) is 8.41. The molecule has 1 rings (SSSR count). The fraction of sp³-hybridized carbons (Fsp3) is 0.318. The first-order chi connectivity index (χ1) is 15.0. The third-order valence-electron chi connectivity index (χ3n) is 2.69. The van der Waals surface area contributed by atoms with E-state index >= 15 is 0 Å². The molecule has 0 aliphatic rings. The molecule has 0 fully saturated rings. The van der Waals surface area contributed by atoms with Crippen molar-refractivity contribution in [3.63, 3.8) is 0 Å². The zero-order valence-electron chi connectivity index (χ0n) is 18.5. The Labute approximate surface area is 192 Å². The molecule has 0 heterocycles. The van der Waals surface area contributed by atoms with E-state index < -0.39 is 17.9 Å². The predicted octanol–water partition coefficient (Wildman–Crippen LogP) is -0.785. The van der Waals surface area contributed by atoms with Crippen molar-refractivity contribution in [2.45, 2.75) is 26.8 Å². The minimum absolute atomic E-state index is 0.312. The first kappa shape index (κ1) is 33.1. The molecule has 9 nitrogen and oxygen atoms in total. The van der Waals surface area contributed by atoms with E-state index in [4.69, 9.17) is 0 Å². The van der Waals surface area contributed by atoms with Crippen molar-refractivity contribution < 1.29 is 43.9 Å². The number of carboxylic acid groups (broad SMARTS) is 3. The van der Waals surface area contributed by atoms with E-state index in [0.717, 1.165) is 6.04 Å². The van der Waals surface area contributed by atoms with E-state index in [9.17, 15) is 29.7 Å². The van der Waals surface area contributed by atoms with Crippen LogP contribution in [0.2, 0.25) is 0 Å². The summed E-state index contributed by atoms with van der Waals surface area (Å²) in [6.45, 7) is 15.1. The summed E-state index contributed by atoms with van der Waals surface area (Å²) in [6, 6.07) is 11.2. The zero-order valence-corrected chi connectivity index (χ0v) is 19.5. The first-order valence-electron chi connectivity index (χ1n) is 9.25. The average Bonchev–Trinajstić information content (AvgIpc) is 2.76. The zero-order chi connectivity index (χ0) is 25.5. The monoisotopic (exact) mass is 464 g/mol. The van der Waals surface area contributed by atoms with E-state index in [2.05, 4.69) is 56.3 Å². The van der Waals surface area contributed by atoms with Crippen LogP contribution in [0.4, 0.5) is 0 Å².